The standard InChI is InChI=1S/C26H30F3N3O2/c1-16-14-31(7-8-32(16)26(34)18-5-3-4-6-18)15-20-11-23(29)13-24(17(20)2)30-25(33)19-9-21(27)12-22(28)10-19/h9-13,16,18H,3-8,14-15H2,1-2H3,(H,30,33)/t16-/m0/s1. The van der Waals surface area contributed by atoms with Crippen LogP contribution in [0.5, 0.6) is 0 Å². The zero-order valence-electron chi connectivity index (χ0n) is 19.5. The molecule has 1 aliphatic heterocycles. The highest BCUT2D eigenvalue weighted by Crippen LogP contribution is 2.29. The molecule has 1 saturated carbocycles. The SMILES string of the molecule is Cc1c(CN2CCN(C(=O)C3CCCC3)[C@@H](C)C2)cc(F)cc1NC(=O)c1cc(F)cc(F)c1. The normalized spacial score (nSPS) is 19.4. The van der Waals surface area contributed by atoms with Crippen molar-refractivity contribution in [2.45, 2.75) is 52.1 Å². The minimum Gasteiger partial charge on any atom is -0.337 e. The largest absolute Gasteiger partial charge is 0.337 e. The first-order valence-corrected chi connectivity index (χ1v) is 11.8. The average molecular weight is 474 g/mol. The lowest BCUT2D eigenvalue weighted by atomic mass is 10.0. The maximum absolute atomic E-state index is 14.4. The number of nitrogens with zero attached hydrogens (tertiary/aromatic N) is 2. The molecular weight excluding hydrogens is 443 g/mol. The Kier molecular flexibility index (Phi) is 7.26. The zero-order chi connectivity index (χ0) is 24.4. The second-order valence-electron chi connectivity index (χ2n) is 9.45. The van der Waals surface area contributed by atoms with Gasteiger partial charge in [-0.05, 0) is 62.1 Å². The summed E-state index contributed by atoms with van der Waals surface area (Å²) in [7, 11) is 0. The van der Waals surface area contributed by atoms with E-state index < -0.39 is 23.4 Å². The first-order chi connectivity index (χ1) is 16.2. The van der Waals surface area contributed by atoms with E-state index in [-0.39, 0.29) is 29.1 Å². The molecule has 0 unspecified atom stereocenters. The summed E-state index contributed by atoms with van der Waals surface area (Å²) in [6.45, 7) is 6.29. The molecule has 4 rings (SSSR count). The summed E-state index contributed by atoms with van der Waals surface area (Å²) >= 11 is 0. The monoisotopic (exact) mass is 473 g/mol. The van der Waals surface area contributed by atoms with Gasteiger partial charge in [0.1, 0.15) is 17.5 Å². The summed E-state index contributed by atoms with van der Waals surface area (Å²) in [5.41, 5.74) is 1.47. The highest BCUT2D eigenvalue weighted by Gasteiger charge is 2.33. The highest BCUT2D eigenvalue weighted by molar-refractivity contribution is 6.04. The van der Waals surface area contributed by atoms with Gasteiger partial charge in [0.05, 0.1) is 0 Å². The predicted octanol–water partition coefficient (Wildman–Crippen LogP) is 4.89. The van der Waals surface area contributed by atoms with Gasteiger partial charge >= 0.3 is 0 Å². The van der Waals surface area contributed by atoms with E-state index in [1.807, 2.05) is 11.8 Å². The molecule has 1 N–H and O–H groups in total. The molecular formula is C26H30F3N3O2. The molecule has 0 radical (unpaired) electrons. The van der Waals surface area contributed by atoms with Crippen molar-refractivity contribution >= 4 is 17.5 Å². The van der Waals surface area contributed by atoms with Crippen LogP contribution in [0.25, 0.3) is 0 Å². The Bertz CT molecular complexity index is 1060. The lowest BCUT2D eigenvalue weighted by Crippen LogP contribution is -2.54. The van der Waals surface area contributed by atoms with Gasteiger partial charge in [0, 0.05) is 55.5 Å². The van der Waals surface area contributed by atoms with Crippen LogP contribution >= 0.6 is 0 Å². The number of carbonyl (C=O) groups is 2. The van der Waals surface area contributed by atoms with Gasteiger partial charge in [0.15, 0.2) is 0 Å². The van der Waals surface area contributed by atoms with Crippen molar-refractivity contribution in [1.82, 2.24) is 9.80 Å². The van der Waals surface area contributed by atoms with Gasteiger partial charge < -0.3 is 10.2 Å². The van der Waals surface area contributed by atoms with E-state index in [9.17, 15) is 22.8 Å². The third kappa shape index (κ3) is 5.43. The van der Waals surface area contributed by atoms with E-state index in [1.165, 1.54) is 12.1 Å². The van der Waals surface area contributed by atoms with Gasteiger partial charge in [-0.25, -0.2) is 13.2 Å². The van der Waals surface area contributed by atoms with Crippen LogP contribution in [0, 0.1) is 30.3 Å². The van der Waals surface area contributed by atoms with E-state index >= 15 is 0 Å². The van der Waals surface area contributed by atoms with E-state index in [4.69, 9.17) is 0 Å². The van der Waals surface area contributed by atoms with Gasteiger partial charge in [0.2, 0.25) is 5.91 Å². The Labute approximate surface area is 197 Å². The van der Waals surface area contributed by atoms with Crippen LogP contribution in [-0.4, -0.2) is 47.3 Å². The third-order valence-electron chi connectivity index (χ3n) is 6.95. The van der Waals surface area contributed by atoms with Gasteiger partial charge in [-0.2, -0.15) is 0 Å². The number of halogens is 3. The molecule has 2 aromatic carbocycles. The molecule has 1 atom stereocenters. The zero-order valence-corrected chi connectivity index (χ0v) is 19.5. The van der Waals surface area contributed by atoms with E-state index in [0.29, 0.717) is 43.4 Å². The molecule has 5 nitrogen and oxygen atoms in total. The average Bonchev–Trinajstić information content (AvgIpc) is 3.31. The second-order valence-corrected chi connectivity index (χ2v) is 9.45. The van der Waals surface area contributed by atoms with Crippen LogP contribution in [0.1, 0.15) is 54.1 Å². The van der Waals surface area contributed by atoms with Crippen molar-refractivity contribution in [3.63, 3.8) is 0 Å². The lowest BCUT2D eigenvalue weighted by Gasteiger charge is -2.41. The molecule has 1 saturated heterocycles. The third-order valence-corrected chi connectivity index (χ3v) is 6.95. The minimum absolute atomic E-state index is 0.0674. The van der Waals surface area contributed by atoms with E-state index in [2.05, 4.69) is 10.2 Å². The van der Waals surface area contributed by atoms with Gasteiger partial charge in [-0.3, -0.25) is 14.5 Å². The molecule has 2 fully saturated rings. The minimum atomic E-state index is -0.860. The molecule has 0 aromatic heterocycles. The first-order valence-electron chi connectivity index (χ1n) is 11.8. The molecule has 2 aliphatic rings. The van der Waals surface area contributed by atoms with E-state index in [1.54, 1.807) is 6.92 Å². The van der Waals surface area contributed by atoms with Crippen LogP contribution in [0.3, 0.4) is 0 Å². The maximum atomic E-state index is 14.4. The van der Waals surface area contributed by atoms with Crippen LogP contribution in [0.4, 0.5) is 18.9 Å². The smallest absolute Gasteiger partial charge is 0.255 e. The van der Waals surface area contributed by atoms with Crippen molar-refractivity contribution in [3.05, 3.63) is 64.5 Å². The fourth-order valence-electron chi connectivity index (χ4n) is 5.06. The molecule has 34 heavy (non-hydrogen) atoms. The first kappa shape index (κ1) is 24.3. The number of hydrogen-bond acceptors (Lipinski definition) is 3. The van der Waals surface area contributed by atoms with E-state index in [0.717, 1.165) is 37.8 Å². The summed E-state index contributed by atoms with van der Waals surface area (Å²) in [6.07, 6.45) is 4.20. The van der Waals surface area contributed by atoms with Gasteiger partial charge in [-0.15, -0.1) is 0 Å². The summed E-state index contributed by atoms with van der Waals surface area (Å²) < 4.78 is 41.4. The van der Waals surface area contributed by atoms with Crippen molar-refractivity contribution in [2.24, 2.45) is 5.92 Å². The highest BCUT2D eigenvalue weighted by atomic mass is 19.1. The molecule has 2 aromatic rings. The summed E-state index contributed by atoms with van der Waals surface area (Å²) in [5.74, 6) is -2.54. The number of hydrogen-bond donors (Lipinski definition) is 1. The van der Waals surface area contributed by atoms with Crippen molar-refractivity contribution in [1.29, 1.82) is 0 Å². The molecule has 0 spiro atoms. The summed E-state index contributed by atoms with van der Waals surface area (Å²) in [5, 5.41) is 2.58. The summed E-state index contributed by atoms with van der Waals surface area (Å²) in [4.78, 5) is 29.5. The number of rotatable bonds is 5. The maximum Gasteiger partial charge on any atom is 0.255 e. The quantitative estimate of drug-likeness (QED) is 0.673. The Morgan fingerprint density at radius 3 is 2.26 bits per heavy atom. The Hall–Kier alpha value is -2.87. The number of piperazine rings is 1. The van der Waals surface area contributed by atoms with Crippen molar-refractivity contribution in [2.75, 3.05) is 25.0 Å². The van der Waals surface area contributed by atoms with Crippen LogP contribution in [0.2, 0.25) is 0 Å². The van der Waals surface area contributed by atoms with Gasteiger partial charge in [-0.1, -0.05) is 12.8 Å². The number of benzene rings is 2. The van der Waals surface area contributed by atoms with Crippen molar-refractivity contribution in [3.8, 4) is 0 Å². The Morgan fingerprint density at radius 1 is 0.971 bits per heavy atom. The van der Waals surface area contributed by atoms with Crippen LogP contribution in [0.15, 0.2) is 30.3 Å². The molecule has 1 aliphatic carbocycles. The lowest BCUT2D eigenvalue weighted by molar-refractivity contribution is -0.140. The number of amides is 2. The fourth-order valence-corrected chi connectivity index (χ4v) is 5.06. The molecule has 8 heteroatoms. The Balaban J connectivity index is 1.44. The van der Waals surface area contributed by atoms with Gasteiger partial charge in [0.25, 0.3) is 5.91 Å². The number of carbonyl (C=O) groups excluding carboxylic acids is 2. The Morgan fingerprint density at radius 2 is 1.62 bits per heavy atom. The number of nitrogens with one attached hydrogen (secondary N) is 1. The second kappa shape index (κ2) is 10.2. The molecule has 182 valence electrons. The summed E-state index contributed by atoms with van der Waals surface area (Å²) in [6, 6.07) is 5.26. The molecule has 2 amide bonds. The predicted molar refractivity (Wildman–Crippen MR) is 124 cm³/mol. The molecule has 0 bridgehead atoms. The molecule has 1 heterocycles. The van der Waals surface area contributed by atoms with Crippen molar-refractivity contribution < 1.29 is 22.8 Å². The fraction of sp³-hybridized carbons (Fsp3) is 0.462. The topological polar surface area (TPSA) is 52.6 Å². The van der Waals surface area contributed by atoms with Crippen LogP contribution < -0.4 is 5.32 Å². The van der Waals surface area contributed by atoms with Crippen LogP contribution in [-0.2, 0) is 11.3 Å². The number of anilines is 1.